The summed E-state index contributed by atoms with van der Waals surface area (Å²) in [6, 6.07) is 1.53. The molecule has 3 nitrogen and oxygen atoms in total. The van der Waals surface area contributed by atoms with Gasteiger partial charge >= 0.3 is 0 Å². The van der Waals surface area contributed by atoms with Crippen LogP contribution in [0.15, 0.2) is 6.07 Å². The van der Waals surface area contributed by atoms with Gasteiger partial charge in [0.05, 0.1) is 18.2 Å². The number of fused-ring (bicyclic) bond motifs is 1. The highest BCUT2D eigenvalue weighted by Crippen LogP contribution is 2.40. The maximum atomic E-state index is 14.4. The second kappa shape index (κ2) is 6.19. The van der Waals surface area contributed by atoms with E-state index < -0.39 is 0 Å². The highest BCUT2D eigenvalue weighted by Gasteiger charge is 2.25. The zero-order valence-corrected chi connectivity index (χ0v) is 12.1. The Kier molecular flexibility index (Phi) is 4.32. The zero-order chi connectivity index (χ0) is 13.9. The third kappa shape index (κ3) is 2.86. The molecule has 2 heterocycles. The quantitative estimate of drug-likeness (QED) is 0.910. The molecular weight excluding hydrogens is 281 g/mol. The smallest absolute Gasteiger partial charge is 0.167 e. The fraction of sp³-hybridized carbons (Fsp3) is 0.600. The van der Waals surface area contributed by atoms with Crippen molar-refractivity contribution >= 4 is 11.6 Å². The third-order valence-electron chi connectivity index (χ3n) is 3.91. The van der Waals surface area contributed by atoms with Crippen LogP contribution in [0.25, 0.3) is 0 Å². The first kappa shape index (κ1) is 14.0. The average molecular weight is 300 g/mol. The summed E-state index contributed by atoms with van der Waals surface area (Å²) in [5, 5.41) is 3.47. The molecule has 3 rings (SSSR count). The average Bonchev–Trinajstić information content (AvgIpc) is 2.70. The van der Waals surface area contributed by atoms with Crippen molar-refractivity contribution in [3.8, 4) is 11.5 Å². The van der Waals surface area contributed by atoms with Gasteiger partial charge in [-0.1, -0.05) is 11.6 Å². The maximum absolute atomic E-state index is 14.4. The van der Waals surface area contributed by atoms with Crippen molar-refractivity contribution in [1.29, 1.82) is 0 Å². The van der Waals surface area contributed by atoms with E-state index in [2.05, 4.69) is 5.32 Å². The number of hydrogen-bond donors (Lipinski definition) is 1. The van der Waals surface area contributed by atoms with Gasteiger partial charge in [0, 0.05) is 18.1 Å². The van der Waals surface area contributed by atoms with Crippen LogP contribution in [0.3, 0.4) is 0 Å². The first-order valence-corrected chi connectivity index (χ1v) is 7.60. The summed E-state index contributed by atoms with van der Waals surface area (Å²) >= 11 is 6.00. The first-order valence-electron chi connectivity index (χ1n) is 7.23. The van der Waals surface area contributed by atoms with Gasteiger partial charge in [-0.15, -0.1) is 0 Å². The fourth-order valence-electron chi connectivity index (χ4n) is 2.89. The van der Waals surface area contributed by atoms with Crippen molar-refractivity contribution in [3.63, 3.8) is 0 Å². The van der Waals surface area contributed by atoms with Crippen molar-refractivity contribution in [2.24, 2.45) is 5.92 Å². The summed E-state index contributed by atoms with van der Waals surface area (Å²) in [5.74, 6) is 1.19. The molecule has 0 aliphatic carbocycles. The van der Waals surface area contributed by atoms with E-state index in [-0.39, 0.29) is 10.8 Å². The van der Waals surface area contributed by atoms with E-state index in [0.29, 0.717) is 42.6 Å². The molecule has 1 atom stereocenters. The molecule has 0 aromatic heterocycles. The van der Waals surface area contributed by atoms with Crippen LogP contribution in [-0.4, -0.2) is 26.3 Å². The lowest BCUT2D eigenvalue weighted by atomic mass is 9.91. The number of ether oxygens (including phenoxy) is 2. The molecule has 1 unspecified atom stereocenters. The van der Waals surface area contributed by atoms with Crippen LogP contribution < -0.4 is 14.8 Å². The molecule has 0 spiro atoms. The van der Waals surface area contributed by atoms with E-state index >= 15 is 0 Å². The molecule has 0 amide bonds. The molecule has 1 aromatic carbocycles. The van der Waals surface area contributed by atoms with E-state index in [0.717, 1.165) is 32.4 Å². The molecule has 1 aromatic rings. The maximum Gasteiger partial charge on any atom is 0.167 e. The molecule has 20 heavy (non-hydrogen) atoms. The molecule has 0 saturated carbocycles. The Bertz CT molecular complexity index is 489. The standard InChI is InChI=1S/C15H19ClFNO2/c16-12-8-13-15(20-6-2-5-19-13)11(14(12)17)7-10-3-1-4-18-9-10/h8,10,18H,1-7,9H2. The van der Waals surface area contributed by atoms with Gasteiger partial charge in [-0.2, -0.15) is 0 Å². The van der Waals surface area contributed by atoms with E-state index in [1.54, 1.807) is 0 Å². The number of hydrogen-bond acceptors (Lipinski definition) is 3. The fourth-order valence-corrected chi connectivity index (χ4v) is 3.10. The molecule has 0 bridgehead atoms. The van der Waals surface area contributed by atoms with Crippen molar-refractivity contribution in [1.82, 2.24) is 5.32 Å². The molecule has 0 radical (unpaired) electrons. The Hall–Kier alpha value is -1.00. The molecule has 1 saturated heterocycles. The highest BCUT2D eigenvalue weighted by molar-refractivity contribution is 6.31. The minimum absolute atomic E-state index is 0.119. The molecule has 1 fully saturated rings. The number of nitrogens with one attached hydrogen (secondary N) is 1. The number of halogens is 2. The van der Waals surface area contributed by atoms with Crippen molar-refractivity contribution < 1.29 is 13.9 Å². The Labute approximate surface area is 123 Å². The van der Waals surface area contributed by atoms with Crippen molar-refractivity contribution in [2.75, 3.05) is 26.3 Å². The second-order valence-corrected chi connectivity index (χ2v) is 5.85. The van der Waals surface area contributed by atoms with Gasteiger partial charge < -0.3 is 14.8 Å². The van der Waals surface area contributed by atoms with Gasteiger partial charge in [0.15, 0.2) is 11.5 Å². The molecule has 5 heteroatoms. The minimum atomic E-state index is -0.360. The predicted molar refractivity (Wildman–Crippen MR) is 76.3 cm³/mol. The summed E-state index contributed by atoms with van der Waals surface area (Å²) in [6.07, 6.45) is 3.68. The van der Waals surface area contributed by atoms with Crippen molar-refractivity contribution in [2.45, 2.75) is 25.7 Å². The molecular formula is C15H19ClFNO2. The number of benzene rings is 1. The van der Waals surface area contributed by atoms with Crippen molar-refractivity contribution in [3.05, 3.63) is 22.5 Å². The molecule has 110 valence electrons. The number of piperidine rings is 1. The van der Waals surface area contributed by atoms with Gasteiger partial charge in [-0.3, -0.25) is 0 Å². The van der Waals surface area contributed by atoms with Crippen LogP contribution in [-0.2, 0) is 6.42 Å². The lowest BCUT2D eigenvalue weighted by Crippen LogP contribution is -2.31. The second-order valence-electron chi connectivity index (χ2n) is 5.45. The van der Waals surface area contributed by atoms with Crippen LogP contribution in [0.4, 0.5) is 4.39 Å². The summed E-state index contributed by atoms with van der Waals surface area (Å²) in [5.41, 5.74) is 0.572. The van der Waals surface area contributed by atoms with Gasteiger partial charge in [0.2, 0.25) is 0 Å². The van der Waals surface area contributed by atoms with E-state index in [4.69, 9.17) is 21.1 Å². The molecule has 2 aliphatic rings. The van der Waals surface area contributed by atoms with Gasteiger partial charge in [-0.25, -0.2) is 4.39 Å². The topological polar surface area (TPSA) is 30.5 Å². The minimum Gasteiger partial charge on any atom is -0.489 e. The van der Waals surface area contributed by atoms with Crippen LogP contribution >= 0.6 is 11.6 Å². The summed E-state index contributed by atoms with van der Waals surface area (Å²) in [7, 11) is 0. The zero-order valence-electron chi connectivity index (χ0n) is 11.4. The predicted octanol–water partition coefficient (Wildman–Crippen LogP) is 3.18. The monoisotopic (exact) mass is 299 g/mol. The van der Waals surface area contributed by atoms with E-state index in [1.165, 1.54) is 6.07 Å². The summed E-state index contributed by atoms with van der Waals surface area (Å²) in [6.45, 7) is 3.11. The Morgan fingerprint density at radius 1 is 1.30 bits per heavy atom. The lowest BCUT2D eigenvalue weighted by Gasteiger charge is -2.24. The van der Waals surface area contributed by atoms with Crippen LogP contribution in [0.1, 0.15) is 24.8 Å². The van der Waals surface area contributed by atoms with Gasteiger partial charge in [0.1, 0.15) is 5.82 Å². The summed E-state index contributed by atoms with van der Waals surface area (Å²) in [4.78, 5) is 0. The largest absolute Gasteiger partial charge is 0.489 e. The van der Waals surface area contributed by atoms with Gasteiger partial charge in [0.25, 0.3) is 0 Å². The van der Waals surface area contributed by atoms with Crippen LogP contribution in [0.2, 0.25) is 5.02 Å². The third-order valence-corrected chi connectivity index (χ3v) is 4.19. The van der Waals surface area contributed by atoms with E-state index in [1.807, 2.05) is 0 Å². The first-order chi connectivity index (χ1) is 9.75. The van der Waals surface area contributed by atoms with E-state index in [9.17, 15) is 4.39 Å². The lowest BCUT2D eigenvalue weighted by molar-refractivity contribution is 0.294. The Balaban J connectivity index is 1.92. The molecule has 1 N–H and O–H groups in total. The SMILES string of the molecule is Fc1c(Cl)cc2c(c1CC1CCCNC1)OCCCO2. The Morgan fingerprint density at radius 3 is 2.95 bits per heavy atom. The van der Waals surface area contributed by atoms with Crippen LogP contribution in [0, 0.1) is 11.7 Å². The summed E-state index contributed by atoms with van der Waals surface area (Å²) < 4.78 is 25.7. The van der Waals surface area contributed by atoms with Gasteiger partial charge in [-0.05, 0) is 38.3 Å². The van der Waals surface area contributed by atoms with Crippen LogP contribution in [0.5, 0.6) is 11.5 Å². The normalized spacial score (nSPS) is 22.4. The number of rotatable bonds is 2. The highest BCUT2D eigenvalue weighted by atomic mass is 35.5. The Morgan fingerprint density at radius 2 is 2.15 bits per heavy atom. The molecule has 2 aliphatic heterocycles.